The summed E-state index contributed by atoms with van der Waals surface area (Å²) in [5, 5.41) is 0. The number of halogens is 2. The van der Waals surface area contributed by atoms with Gasteiger partial charge in [-0.05, 0) is 12.8 Å². The number of carbonyl (C=O) groups is 1. The third kappa shape index (κ3) is 2.13. The molecule has 0 aliphatic heterocycles. The second kappa shape index (κ2) is 2.75. The van der Waals surface area contributed by atoms with Gasteiger partial charge in [0.15, 0.2) is 0 Å². The van der Waals surface area contributed by atoms with Gasteiger partial charge in [0.1, 0.15) is 0 Å². The molecule has 2 nitrogen and oxygen atoms in total. The number of nitrogens with two attached hydrogens (primary N) is 1. The van der Waals surface area contributed by atoms with Crippen LogP contribution in [0.5, 0.6) is 0 Å². The van der Waals surface area contributed by atoms with Gasteiger partial charge in [0.25, 0.3) is 0 Å². The zero-order valence-corrected chi connectivity index (χ0v) is 6.15. The molecule has 0 saturated heterocycles. The van der Waals surface area contributed by atoms with Gasteiger partial charge in [0, 0.05) is 18.8 Å². The summed E-state index contributed by atoms with van der Waals surface area (Å²) in [5.74, 6) is -3.87. The highest BCUT2D eigenvalue weighted by atomic mass is 19.3. The molecule has 1 unspecified atom stereocenters. The molecule has 0 bridgehead atoms. The van der Waals surface area contributed by atoms with Gasteiger partial charge >= 0.3 is 0 Å². The lowest BCUT2D eigenvalue weighted by atomic mass is 9.86. The van der Waals surface area contributed by atoms with Crippen LogP contribution >= 0.6 is 0 Å². The Morgan fingerprint density at radius 2 is 2.18 bits per heavy atom. The first-order valence-electron chi connectivity index (χ1n) is 3.68. The van der Waals surface area contributed by atoms with Crippen LogP contribution in [0.15, 0.2) is 0 Å². The lowest BCUT2D eigenvalue weighted by molar-refractivity contribution is -0.129. The minimum absolute atomic E-state index is 0.100. The smallest absolute Gasteiger partial charge is 0.248 e. The molecule has 0 heterocycles. The molecule has 1 rings (SSSR count). The molecule has 1 atom stereocenters. The first-order chi connectivity index (χ1) is 5.01. The molecule has 1 aliphatic rings. The van der Waals surface area contributed by atoms with Crippen molar-refractivity contribution in [3.63, 3.8) is 0 Å². The summed E-state index contributed by atoms with van der Waals surface area (Å²) >= 11 is 0. The van der Waals surface area contributed by atoms with Crippen LogP contribution in [0.1, 0.15) is 25.7 Å². The fraction of sp³-hybridized carbons (Fsp3) is 0.857. The normalized spacial score (nSPS) is 29.8. The van der Waals surface area contributed by atoms with Gasteiger partial charge in [-0.15, -0.1) is 0 Å². The van der Waals surface area contributed by atoms with E-state index in [1.807, 2.05) is 0 Å². The average Bonchev–Trinajstić information content (AvgIpc) is 1.85. The Morgan fingerprint density at radius 3 is 2.55 bits per heavy atom. The maximum absolute atomic E-state index is 12.6. The van der Waals surface area contributed by atoms with Crippen molar-refractivity contribution in [2.24, 2.45) is 11.7 Å². The number of carbonyl (C=O) groups excluding carboxylic acids is 1. The summed E-state index contributed by atoms with van der Waals surface area (Å²) < 4.78 is 25.2. The van der Waals surface area contributed by atoms with Crippen molar-refractivity contribution < 1.29 is 13.6 Å². The van der Waals surface area contributed by atoms with E-state index in [4.69, 9.17) is 5.73 Å². The standard InChI is InChI=1S/C7H11F2NO/c8-7(9)3-1-2-5(4-7)6(10)11/h5H,1-4H2,(H2,10,11). The van der Waals surface area contributed by atoms with E-state index in [2.05, 4.69) is 0 Å². The van der Waals surface area contributed by atoms with Gasteiger partial charge in [0.2, 0.25) is 11.8 Å². The summed E-state index contributed by atoms with van der Waals surface area (Å²) in [6.07, 6.45) is 0.463. The van der Waals surface area contributed by atoms with E-state index >= 15 is 0 Å². The van der Waals surface area contributed by atoms with Crippen molar-refractivity contribution in [3.05, 3.63) is 0 Å². The summed E-state index contributed by atoms with van der Waals surface area (Å²) in [6.45, 7) is 0. The van der Waals surface area contributed by atoms with Gasteiger partial charge in [-0.3, -0.25) is 4.79 Å². The molecule has 64 valence electrons. The number of hydrogen-bond donors (Lipinski definition) is 1. The number of alkyl halides is 2. The Labute approximate surface area is 63.8 Å². The van der Waals surface area contributed by atoms with Crippen LogP contribution in [0.2, 0.25) is 0 Å². The second-order valence-electron chi connectivity index (χ2n) is 3.05. The second-order valence-corrected chi connectivity index (χ2v) is 3.05. The zero-order valence-electron chi connectivity index (χ0n) is 6.15. The van der Waals surface area contributed by atoms with Gasteiger partial charge in [-0.25, -0.2) is 8.78 Å². The molecule has 4 heteroatoms. The van der Waals surface area contributed by atoms with E-state index in [1.165, 1.54) is 0 Å². The minimum atomic E-state index is -2.67. The molecule has 0 radical (unpaired) electrons. The van der Waals surface area contributed by atoms with E-state index < -0.39 is 17.7 Å². The first kappa shape index (κ1) is 8.43. The fourth-order valence-electron chi connectivity index (χ4n) is 1.41. The Kier molecular flexibility index (Phi) is 2.11. The van der Waals surface area contributed by atoms with Crippen LogP contribution in [-0.4, -0.2) is 11.8 Å². The van der Waals surface area contributed by atoms with Crippen molar-refractivity contribution in [2.75, 3.05) is 0 Å². The highest BCUT2D eigenvalue weighted by molar-refractivity contribution is 5.76. The monoisotopic (exact) mass is 163 g/mol. The Hall–Kier alpha value is -0.670. The quantitative estimate of drug-likeness (QED) is 0.622. The number of hydrogen-bond acceptors (Lipinski definition) is 1. The minimum Gasteiger partial charge on any atom is -0.369 e. The van der Waals surface area contributed by atoms with E-state index in [-0.39, 0.29) is 12.8 Å². The fourth-order valence-corrected chi connectivity index (χ4v) is 1.41. The van der Waals surface area contributed by atoms with Crippen LogP contribution in [-0.2, 0) is 4.79 Å². The molecule has 1 fully saturated rings. The van der Waals surface area contributed by atoms with Crippen molar-refractivity contribution in [2.45, 2.75) is 31.6 Å². The summed E-state index contributed by atoms with van der Waals surface area (Å²) in [6, 6.07) is 0. The van der Waals surface area contributed by atoms with Crippen LogP contribution in [0, 0.1) is 5.92 Å². The van der Waals surface area contributed by atoms with Crippen molar-refractivity contribution in [3.8, 4) is 0 Å². The highest BCUT2D eigenvalue weighted by Crippen LogP contribution is 2.36. The Balaban J connectivity index is 2.53. The molecule has 1 saturated carbocycles. The lowest BCUT2D eigenvalue weighted by Crippen LogP contribution is -2.34. The van der Waals surface area contributed by atoms with E-state index in [1.54, 1.807) is 0 Å². The maximum atomic E-state index is 12.6. The van der Waals surface area contributed by atoms with Gasteiger partial charge < -0.3 is 5.73 Å². The summed E-state index contributed by atoms with van der Waals surface area (Å²) in [7, 11) is 0. The third-order valence-corrected chi connectivity index (χ3v) is 2.04. The van der Waals surface area contributed by atoms with Gasteiger partial charge in [-0.2, -0.15) is 0 Å². The summed E-state index contributed by atoms with van der Waals surface area (Å²) in [4.78, 5) is 10.5. The van der Waals surface area contributed by atoms with Crippen LogP contribution < -0.4 is 5.73 Å². The van der Waals surface area contributed by atoms with Crippen molar-refractivity contribution in [1.82, 2.24) is 0 Å². The molecule has 2 N–H and O–H groups in total. The van der Waals surface area contributed by atoms with Crippen LogP contribution in [0.4, 0.5) is 8.78 Å². The molecule has 0 aromatic rings. The van der Waals surface area contributed by atoms with Crippen molar-refractivity contribution in [1.29, 1.82) is 0 Å². The zero-order chi connectivity index (χ0) is 8.48. The molecule has 11 heavy (non-hydrogen) atoms. The molecule has 0 aromatic heterocycles. The summed E-state index contributed by atoms with van der Waals surface area (Å²) in [5.41, 5.74) is 4.92. The Bertz CT molecular complexity index is 170. The van der Waals surface area contributed by atoms with Gasteiger partial charge in [0.05, 0.1) is 0 Å². The van der Waals surface area contributed by atoms with Crippen molar-refractivity contribution >= 4 is 5.91 Å². The predicted octanol–water partition coefficient (Wildman–Crippen LogP) is 1.30. The number of amides is 1. The van der Waals surface area contributed by atoms with Crippen LogP contribution in [0.3, 0.4) is 0 Å². The Morgan fingerprint density at radius 1 is 1.55 bits per heavy atom. The van der Waals surface area contributed by atoms with E-state index in [0.29, 0.717) is 12.8 Å². The maximum Gasteiger partial charge on any atom is 0.248 e. The number of primary amides is 1. The molecule has 1 amide bonds. The third-order valence-electron chi connectivity index (χ3n) is 2.04. The first-order valence-corrected chi connectivity index (χ1v) is 3.68. The molecular formula is C7H11F2NO. The number of rotatable bonds is 1. The molecule has 0 spiro atoms. The molecule has 0 aromatic carbocycles. The lowest BCUT2D eigenvalue weighted by Gasteiger charge is -2.26. The van der Waals surface area contributed by atoms with Gasteiger partial charge in [-0.1, -0.05) is 0 Å². The van der Waals surface area contributed by atoms with E-state index in [0.717, 1.165) is 0 Å². The molecular weight excluding hydrogens is 152 g/mol. The van der Waals surface area contributed by atoms with E-state index in [9.17, 15) is 13.6 Å². The topological polar surface area (TPSA) is 43.1 Å². The SMILES string of the molecule is NC(=O)C1CCCC(F)(F)C1. The average molecular weight is 163 g/mol. The predicted molar refractivity (Wildman–Crippen MR) is 36.1 cm³/mol. The largest absolute Gasteiger partial charge is 0.369 e. The van der Waals surface area contributed by atoms with Crippen LogP contribution in [0.25, 0.3) is 0 Å². The highest BCUT2D eigenvalue weighted by Gasteiger charge is 2.38. The molecule has 1 aliphatic carbocycles.